The number of rotatable bonds is 4. The Kier molecular flexibility index (Phi) is 4.95. The number of methoxy groups -OCH3 is 1. The quantitative estimate of drug-likeness (QED) is 0.689. The van der Waals surface area contributed by atoms with Crippen LogP contribution in [0, 0.1) is 6.92 Å². The summed E-state index contributed by atoms with van der Waals surface area (Å²) in [6.45, 7) is 1.87. The highest BCUT2D eigenvalue weighted by Gasteiger charge is 2.20. The predicted molar refractivity (Wildman–Crippen MR) is 100 cm³/mol. The van der Waals surface area contributed by atoms with Crippen LogP contribution in [-0.4, -0.2) is 19.0 Å². The van der Waals surface area contributed by atoms with Crippen LogP contribution in [-0.2, 0) is 4.74 Å². The van der Waals surface area contributed by atoms with Gasteiger partial charge in [0.2, 0.25) is 0 Å². The molecule has 3 rings (SSSR count). The van der Waals surface area contributed by atoms with Gasteiger partial charge in [-0.3, -0.25) is 4.79 Å². The van der Waals surface area contributed by atoms with E-state index < -0.39 is 5.97 Å². The number of hydrogen-bond acceptors (Lipinski definition) is 4. The van der Waals surface area contributed by atoms with E-state index in [1.165, 1.54) is 18.4 Å². The van der Waals surface area contributed by atoms with Crippen LogP contribution in [0.2, 0.25) is 0 Å². The summed E-state index contributed by atoms with van der Waals surface area (Å²) in [4.78, 5) is 25.6. The number of esters is 1. The van der Waals surface area contributed by atoms with Gasteiger partial charge in [0.1, 0.15) is 5.00 Å². The van der Waals surface area contributed by atoms with Gasteiger partial charge in [-0.1, -0.05) is 48.5 Å². The van der Waals surface area contributed by atoms with Crippen molar-refractivity contribution in [3.63, 3.8) is 0 Å². The van der Waals surface area contributed by atoms with E-state index >= 15 is 0 Å². The summed E-state index contributed by atoms with van der Waals surface area (Å²) >= 11 is 1.35. The maximum absolute atomic E-state index is 12.6. The van der Waals surface area contributed by atoms with E-state index in [9.17, 15) is 9.59 Å². The summed E-state index contributed by atoms with van der Waals surface area (Å²) in [7, 11) is 1.33. The van der Waals surface area contributed by atoms with E-state index in [0.717, 1.165) is 16.0 Å². The topological polar surface area (TPSA) is 55.4 Å². The van der Waals surface area contributed by atoms with E-state index in [0.29, 0.717) is 16.1 Å². The van der Waals surface area contributed by atoms with E-state index in [1.54, 1.807) is 12.1 Å². The van der Waals surface area contributed by atoms with Crippen LogP contribution in [0.5, 0.6) is 0 Å². The number of amides is 1. The SMILES string of the molecule is COC(=O)c1cc(-c2ccccc2)sc1NC(=O)c1ccccc1C. The third-order valence-electron chi connectivity index (χ3n) is 3.81. The molecule has 0 bridgehead atoms. The van der Waals surface area contributed by atoms with Crippen molar-refractivity contribution in [1.82, 2.24) is 0 Å². The third kappa shape index (κ3) is 3.61. The maximum atomic E-state index is 12.6. The van der Waals surface area contributed by atoms with E-state index in [2.05, 4.69) is 5.32 Å². The van der Waals surface area contributed by atoms with Gasteiger partial charge in [0.25, 0.3) is 5.91 Å². The molecular formula is C20H17NO3S. The summed E-state index contributed by atoms with van der Waals surface area (Å²) in [6.07, 6.45) is 0. The minimum absolute atomic E-state index is 0.246. The highest BCUT2D eigenvalue weighted by Crippen LogP contribution is 2.36. The molecule has 0 radical (unpaired) electrons. The zero-order chi connectivity index (χ0) is 17.8. The fourth-order valence-corrected chi connectivity index (χ4v) is 3.53. The first-order valence-corrected chi connectivity index (χ1v) is 8.56. The molecule has 0 spiro atoms. The van der Waals surface area contributed by atoms with Crippen LogP contribution in [0.3, 0.4) is 0 Å². The summed E-state index contributed by atoms with van der Waals surface area (Å²) in [5.74, 6) is -0.719. The molecule has 1 heterocycles. The summed E-state index contributed by atoms with van der Waals surface area (Å²) < 4.78 is 4.85. The van der Waals surface area contributed by atoms with Gasteiger partial charge in [-0.25, -0.2) is 4.79 Å². The van der Waals surface area contributed by atoms with Crippen molar-refractivity contribution in [2.45, 2.75) is 6.92 Å². The lowest BCUT2D eigenvalue weighted by Gasteiger charge is -2.07. The smallest absolute Gasteiger partial charge is 0.340 e. The predicted octanol–water partition coefficient (Wildman–Crippen LogP) is 4.76. The Balaban J connectivity index is 1.97. The molecule has 0 atom stereocenters. The number of carbonyl (C=O) groups is 2. The number of benzene rings is 2. The minimum Gasteiger partial charge on any atom is -0.465 e. The van der Waals surface area contributed by atoms with E-state index in [-0.39, 0.29) is 5.91 Å². The molecule has 2 aromatic carbocycles. The van der Waals surface area contributed by atoms with Gasteiger partial charge in [0.05, 0.1) is 12.7 Å². The molecule has 0 aliphatic carbocycles. The molecule has 0 fully saturated rings. The highest BCUT2D eigenvalue weighted by atomic mass is 32.1. The van der Waals surface area contributed by atoms with Crippen LogP contribution < -0.4 is 5.32 Å². The molecule has 0 saturated heterocycles. The molecule has 25 heavy (non-hydrogen) atoms. The Hall–Kier alpha value is -2.92. The Labute approximate surface area is 150 Å². The largest absolute Gasteiger partial charge is 0.465 e. The molecule has 0 aliphatic rings. The Morgan fingerprint density at radius 2 is 1.64 bits per heavy atom. The third-order valence-corrected chi connectivity index (χ3v) is 4.91. The van der Waals surface area contributed by atoms with Gasteiger partial charge in [-0.05, 0) is 30.2 Å². The summed E-state index contributed by atoms with van der Waals surface area (Å²) in [6, 6.07) is 18.8. The monoisotopic (exact) mass is 351 g/mol. The fraction of sp³-hybridized carbons (Fsp3) is 0.100. The number of aryl methyl sites for hydroxylation is 1. The molecular weight excluding hydrogens is 334 g/mol. The second-order valence-electron chi connectivity index (χ2n) is 5.48. The van der Waals surface area contributed by atoms with Crippen molar-refractivity contribution in [2.24, 2.45) is 0 Å². The van der Waals surface area contributed by atoms with Crippen LogP contribution in [0.25, 0.3) is 10.4 Å². The van der Waals surface area contributed by atoms with E-state index in [4.69, 9.17) is 4.74 Å². The first kappa shape index (κ1) is 16.9. The van der Waals surface area contributed by atoms with Crippen LogP contribution in [0.15, 0.2) is 60.7 Å². The normalized spacial score (nSPS) is 10.3. The molecule has 0 saturated carbocycles. The molecule has 0 unspecified atom stereocenters. The first-order valence-electron chi connectivity index (χ1n) is 7.74. The van der Waals surface area contributed by atoms with Gasteiger partial charge >= 0.3 is 5.97 Å². The fourth-order valence-electron chi connectivity index (χ4n) is 2.49. The standard InChI is InChI=1S/C20H17NO3S/c1-13-8-6-7-11-15(13)18(22)21-19-16(20(23)24-2)12-17(25-19)14-9-4-3-5-10-14/h3-12H,1-2H3,(H,21,22). The Morgan fingerprint density at radius 1 is 0.960 bits per heavy atom. The molecule has 5 heteroatoms. The van der Waals surface area contributed by atoms with E-state index in [1.807, 2.05) is 55.5 Å². The van der Waals surface area contributed by atoms with Crippen molar-refractivity contribution in [3.8, 4) is 10.4 Å². The number of nitrogens with one attached hydrogen (secondary N) is 1. The van der Waals surface area contributed by atoms with Crippen LogP contribution >= 0.6 is 11.3 Å². The average molecular weight is 351 g/mol. The van der Waals surface area contributed by atoms with Crippen molar-refractivity contribution in [3.05, 3.63) is 77.4 Å². The van der Waals surface area contributed by atoms with Gasteiger partial charge in [-0.15, -0.1) is 11.3 Å². The lowest BCUT2D eigenvalue weighted by Crippen LogP contribution is -2.14. The van der Waals surface area contributed by atoms with Crippen molar-refractivity contribution in [2.75, 3.05) is 12.4 Å². The lowest BCUT2D eigenvalue weighted by molar-refractivity contribution is 0.0602. The van der Waals surface area contributed by atoms with Crippen molar-refractivity contribution < 1.29 is 14.3 Å². The van der Waals surface area contributed by atoms with Gasteiger partial charge < -0.3 is 10.1 Å². The van der Waals surface area contributed by atoms with Gasteiger partial charge in [0.15, 0.2) is 0 Å². The first-order chi connectivity index (χ1) is 12.1. The summed E-state index contributed by atoms with van der Waals surface area (Å²) in [5, 5.41) is 3.34. The number of hydrogen-bond donors (Lipinski definition) is 1. The highest BCUT2D eigenvalue weighted by molar-refractivity contribution is 7.20. The summed E-state index contributed by atoms with van der Waals surface area (Å²) in [5.41, 5.74) is 2.79. The second kappa shape index (κ2) is 7.32. The minimum atomic E-state index is -0.474. The Morgan fingerprint density at radius 3 is 2.32 bits per heavy atom. The average Bonchev–Trinajstić information content (AvgIpc) is 3.06. The van der Waals surface area contributed by atoms with Crippen LogP contribution in [0.1, 0.15) is 26.3 Å². The molecule has 126 valence electrons. The second-order valence-corrected chi connectivity index (χ2v) is 6.53. The molecule has 1 N–H and O–H groups in total. The van der Waals surface area contributed by atoms with Crippen molar-refractivity contribution in [1.29, 1.82) is 0 Å². The molecule has 4 nitrogen and oxygen atoms in total. The molecule has 0 aliphatic heterocycles. The van der Waals surface area contributed by atoms with Crippen LogP contribution in [0.4, 0.5) is 5.00 Å². The van der Waals surface area contributed by atoms with Gasteiger partial charge in [0, 0.05) is 10.4 Å². The number of ether oxygens (including phenoxy) is 1. The zero-order valence-electron chi connectivity index (χ0n) is 13.9. The number of anilines is 1. The maximum Gasteiger partial charge on any atom is 0.340 e. The van der Waals surface area contributed by atoms with Gasteiger partial charge in [-0.2, -0.15) is 0 Å². The lowest BCUT2D eigenvalue weighted by atomic mass is 10.1. The number of carbonyl (C=O) groups excluding carboxylic acids is 2. The zero-order valence-corrected chi connectivity index (χ0v) is 14.7. The van der Waals surface area contributed by atoms with Crippen molar-refractivity contribution >= 4 is 28.2 Å². The molecule has 1 amide bonds. The Bertz CT molecular complexity index is 916. The molecule has 1 aromatic heterocycles. The number of thiophene rings is 1. The molecule has 3 aromatic rings.